The number of hydrogen-bond acceptors (Lipinski definition) is 3. The van der Waals surface area contributed by atoms with Crippen molar-refractivity contribution in [1.82, 2.24) is 0 Å². The fourth-order valence-electron chi connectivity index (χ4n) is 2.10. The zero-order valence-electron chi connectivity index (χ0n) is 7.88. The van der Waals surface area contributed by atoms with E-state index in [9.17, 15) is 8.78 Å². The molecule has 1 aliphatic heterocycles. The molecule has 0 aromatic heterocycles. The molecule has 14 heavy (non-hydrogen) atoms. The first kappa shape index (κ1) is 10.3. The van der Waals surface area contributed by atoms with Crippen LogP contribution in [0.4, 0.5) is 8.78 Å². The second-order valence-electron chi connectivity index (χ2n) is 3.70. The maximum atomic E-state index is 11.9. The predicted molar refractivity (Wildman–Crippen MR) is 44.0 cm³/mol. The molecule has 0 bridgehead atoms. The zero-order valence-corrected chi connectivity index (χ0v) is 7.88. The summed E-state index contributed by atoms with van der Waals surface area (Å²) in [5.41, 5.74) is 0. The standard InChI is InChI=1S/C9H14F2O3/c10-8(11)14-7-1-3-9(4-2-7)12-5-6-13-9/h7-8H,1-6H2. The number of halogens is 2. The molecule has 0 aromatic rings. The van der Waals surface area contributed by atoms with Crippen molar-refractivity contribution < 1.29 is 23.0 Å². The topological polar surface area (TPSA) is 27.7 Å². The van der Waals surface area contributed by atoms with Gasteiger partial charge in [0, 0.05) is 12.8 Å². The fraction of sp³-hybridized carbons (Fsp3) is 1.00. The highest BCUT2D eigenvalue weighted by atomic mass is 19.3. The largest absolute Gasteiger partial charge is 0.348 e. The summed E-state index contributed by atoms with van der Waals surface area (Å²) in [4.78, 5) is 0. The summed E-state index contributed by atoms with van der Waals surface area (Å²) in [6.07, 6.45) is 2.15. The molecule has 2 fully saturated rings. The zero-order chi connectivity index (χ0) is 10.0. The normalized spacial score (nSPS) is 27.6. The van der Waals surface area contributed by atoms with Gasteiger partial charge >= 0.3 is 6.61 Å². The average molecular weight is 208 g/mol. The highest BCUT2D eigenvalue weighted by Gasteiger charge is 2.40. The van der Waals surface area contributed by atoms with Crippen molar-refractivity contribution in [3.05, 3.63) is 0 Å². The Kier molecular flexibility index (Phi) is 2.99. The molecule has 0 unspecified atom stereocenters. The number of hydrogen-bond donors (Lipinski definition) is 0. The minimum Gasteiger partial charge on any atom is -0.348 e. The minimum absolute atomic E-state index is 0.339. The van der Waals surface area contributed by atoms with Crippen LogP contribution in [0.3, 0.4) is 0 Å². The molecule has 2 rings (SSSR count). The van der Waals surface area contributed by atoms with Crippen LogP contribution in [-0.2, 0) is 14.2 Å². The first-order chi connectivity index (χ1) is 6.70. The summed E-state index contributed by atoms with van der Waals surface area (Å²) < 4.78 is 39.2. The van der Waals surface area contributed by atoms with Crippen LogP contribution in [-0.4, -0.2) is 31.7 Å². The maximum Gasteiger partial charge on any atom is 0.345 e. The molecule has 1 aliphatic carbocycles. The lowest BCUT2D eigenvalue weighted by molar-refractivity contribution is -0.219. The molecule has 5 heteroatoms. The van der Waals surface area contributed by atoms with Crippen LogP contribution in [0.15, 0.2) is 0 Å². The van der Waals surface area contributed by atoms with E-state index in [-0.39, 0.29) is 6.10 Å². The number of ether oxygens (including phenoxy) is 3. The van der Waals surface area contributed by atoms with E-state index >= 15 is 0 Å². The molecule has 1 heterocycles. The summed E-state index contributed by atoms with van der Waals surface area (Å²) >= 11 is 0. The second-order valence-corrected chi connectivity index (χ2v) is 3.70. The first-order valence-electron chi connectivity index (χ1n) is 4.92. The molecule has 0 aromatic carbocycles. The monoisotopic (exact) mass is 208 g/mol. The number of alkyl halides is 2. The van der Waals surface area contributed by atoms with E-state index < -0.39 is 12.4 Å². The van der Waals surface area contributed by atoms with Crippen LogP contribution in [0.1, 0.15) is 25.7 Å². The van der Waals surface area contributed by atoms with E-state index in [1.54, 1.807) is 0 Å². The molecule has 1 spiro atoms. The van der Waals surface area contributed by atoms with E-state index in [0.717, 1.165) is 0 Å². The van der Waals surface area contributed by atoms with Gasteiger partial charge in [0.15, 0.2) is 5.79 Å². The SMILES string of the molecule is FC(F)OC1CCC2(CC1)OCCO2. The quantitative estimate of drug-likeness (QED) is 0.693. The third-order valence-electron chi connectivity index (χ3n) is 2.80. The Balaban J connectivity index is 1.79. The van der Waals surface area contributed by atoms with Gasteiger partial charge in [-0.25, -0.2) is 0 Å². The lowest BCUT2D eigenvalue weighted by atomic mass is 9.92. The Morgan fingerprint density at radius 3 is 2.21 bits per heavy atom. The second kappa shape index (κ2) is 4.08. The van der Waals surface area contributed by atoms with Crippen molar-refractivity contribution in [3.63, 3.8) is 0 Å². The molecule has 3 nitrogen and oxygen atoms in total. The minimum atomic E-state index is -2.67. The summed E-state index contributed by atoms with van der Waals surface area (Å²) in [6.45, 7) is -1.44. The first-order valence-corrected chi connectivity index (χ1v) is 4.92. The summed E-state index contributed by atoms with van der Waals surface area (Å²) in [5, 5.41) is 0. The van der Waals surface area contributed by atoms with Crippen molar-refractivity contribution in [1.29, 1.82) is 0 Å². The van der Waals surface area contributed by atoms with Crippen LogP contribution >= 0.6 is 0 Å². The smallest absolute Gasteiger partial charge is 0.345 e. The molecule has 2 aliphatic rings. The van der Waals surface area contributed by atoms with Gasteiger partial charge in [-0.3, -0.25) is 0 Å². The van der Waals surface area contributed by atoms with Crippen LogP contribution in [0.5, 0.6) is 0 Å². The van der Waals surface area contributed by atoms with Gasteiger partial charge in [0.1, 0.15) is 0 Å². The van der Waals surface area contributed by atoms with E-state index in [0.29, 0.717) is 38.9 Å². The van der Waals surface area contributed by atoms with Gasteiger partial charge in [-0.1, -0.05) is 0 Å². The Hall–Kier alpha value is -0.260. The van der Waals surface area contributed by atoms with E-state index in [4.69, 9.17) is 9.47 Å². The van der Waals surface area contributed by atoms with Crippen LogP contribution in [0.25, 0.3) is 0 Å². The molecule has 1 saturated carbocycles. The fourth-order valence-corrected chi connectivity index (χ4v) is 2.10. The molecule has 0 amide bonds. The molecule has 0 atom stereocenters. The van der Waals surface area contributed by atoms with Crippen molar-refractivity contribution >= 4 is 0 Å². The van der Waals surface area contributed by atoms with Crippen LogP contribution < -0.4 is 0 Å². The lowest BCUT2D eigenvalue weighted by Gasteiger charge is -2.34. The molecular formula is C9H14F2O3. The molecule has 0 N–H and O–H groups in total. The van der Waals surface area contributed by atoms with Crippen molar-refractivity contribution in [3.8, 4) is 0 Å². The van der Waals surface area contributed by atoms with Gasteiger partial charge in [0.2, 0.25) is 0 Å². The van der Waals surface area contributed by atoms with Crippen molar-refractivity contribution in [2.24, 2.45) is 0 Å². The highest BCUT2D eigenvalue weighted by molar-refractivity contribution is 4.82. The van der Waals surface area contributed by atoms with Crippen LogP contribution in [0.2, 0.25) is 0 Å². The van der Waals surface area contributed by atoms with Crippen molar-refractivity contribution in [2.45, 2.75) is 44.2 Å². The molecule has 0 radical (unpaired) electrons. The van der Waals surface area contributed by atoms with Gasteiger partial charge < -0.3 is 14.2 Å². The maximum absolute atomic E-state index is 11.9. The molecule has 1 saturated heterocycles. The summed E-state index contributed by atoms with van der Waals surface area (Å²) in [5.74, 6) is -0.484. The van der Waals surface area contributed by atoms with Gasteiger partial charge in [0.05, 0.1) is 19.3 Å². The Bertz CT molecular complexity index is 182. The Morgan fingerprint density at radius 2 is 1.71 bits per heavy atom. The number of rotatable bonds is 2. The van der Waals surface area contributed by atoms with Crippen molar-refractivity contribution in [2.75, 3.05) is 13.2 Å². The van der Waals surface area contributed by atoms with Gasteiger partial charge in [-0.15, -0.1) is 0 Å². The van der Waals surface area contributed by atoms with E-state index in [2.05, 4.69) is 4.74 Å². The third-order valence-corrected chi connectivity index (χ3v) is 2.80. The average Bonchev–Trinajstić information content (AvgIpc) is 2.58. The van der Waals surface area contributed by atoms with Gasteiger partial charge in [-0.05, 0) is 12.8 Å². The lowest BCUT2D eigenvalue weighted by Crippen LogP contribution is -2.38. The summed E-state index contributed by atoms with van der Waals surface area (Å²) in [7, 11) is 0. The van der Waals surface area contributed by atoms with Crippen LogP contribution in [0, 0.1) is 0 Å². The van der Waals surface area contributed by atoms with Gasteiger partial charge in [0.25, 0.3) is 0 Å². The Labute approximate surface area is 81.3 Å². The predicted octanol–water partition coefficient (Wildman–Crippen LogP) is 1.91. The third kappa shape index (κ3) is 2.21. The van der Waals surface area contributed by atoms with Gasteiger partial charge in [-0.2, -0.15) is 8.78 Å². The van der Waals surface area contributed by atoms with E-state index in [1.807, 2.05) is 0 Å². The molecule has 82 valence electrons. The highest BCUT2D eigenvalue weighted by Crippen LogP contribution is 2.36. The van der Waals surface area contributed by atoms with E-state index in [1.165, 1.54) is 0 Å². The Morgan fingerprint density at radius 1 is 1.14 bits per heavy atom. The summed E-state index contributed by atoms with van der Waals surface area (Å²) in [6, 6.07) is 0. The molecular weight excluding hydrogens is 194 g/mol.